The van der Waals surface area contributed by atoms with Gasteiger partial charge in [0, 0.05) is 36.5 Å². The second-order valence-electron chi connectivity index (χ2n) is 4.91. The molecule has 0 spiro atoms. The van der Waals surface area contributed by atoms with Crippen molar-refractivity contribution in [3.8, 4) is 0 Å². The molecular weight excluding hydrogens is 321 g/mol. The van der Waals surface area contributed by atoms with Crippen molar-refractivity contribution in [1.29, 1.82) is 0 Å². The SMILES string of the molecule is CN=C(NCc1nccn1C)NC(C)c1ccc(Cl)cc1Cl. The Morgan fingerprint density at radius 3 is 2.77 bits per heavy atom. The van der Waals surface area contributed by atoms with Crippen LogP contribution in [0.25, 0.3) is 0 Å². The molecule has 0 aliphatic heterocycles. The molecule has 5 nitrogen and oxygen atoms in total. The maximum Gasteiger partial charge on any atom is 0.191 e. The number of imidazole rings is 1. The van der Waals surface area contributed by atoms with E-state index in [0.29, 0.717) is 22.5 Å². The average molecular weight is 340 g/mol. The van der Waals surface area contributed by atoms with Crippen LogP contribution in [0.2, 0.25) is 10.0 Å². The van der Waals surface area contributed by atoms with E-state index in [-0.39, 0.29) is 6.04 Å². The van der Waals surface area contributed by atoms with E-state index < -0.39 is 0 Å². The number of hydrogen-bond acceptors (Lipinski definition) is 2. The van der Waals surface area contributed by atoms with Gasteiger partial charge in [0.1, 0.15) is 5.82 Å². The van der Waals surface area contributed by atoms with Crippen molar-refractivity contribution in [3.63, 3.8) is 0 Å². The number of halogens is 2. The summed E-state index contributed by atoms with van der Waals surface area (Å²) in [4.78, 5) is 8.48. The minimum absolute atomic E-state index is 0.00246. The molecule has 1 atom stereocenters. The summed E-state index contributed by atoms with van der Waals surface area (Å²) in [6, 6.07) is 5.47. The Bertz CT molecular complexity index is 666. The molecule has 0 bridgehead atoms. The summed E-state index contributed by atoms with van der Waals surface area (Å²) in [6.07, 6.45) is 3.67. The van der Waals surface area contributed by atoms with Gasteiger partial charge in [0.05, 0.1) is 12.6 Å². The zero-order chi connectivity index (χ0) is 16.1. The standard InChI is InChI=1S/C15H19Cl2N5/c1-10(12-5-4-11(16)8-13(12)17)21-15(18-2)20-9-14-19-6-7-22(14)3/h4-8,10H,9H2,1-3H3,(H2,18,20,21). The Hall–Kier alpha value is -1.72. The van der Waals surface area contributed by atoms with Crippen LogP contribution in [0, 0.1) is 0 Å². The molecule has 0 amide bonds. The zero-order valence-electron chi connectivity index (χ0n) is 12.8. The van der Waals surface area contributed by atoms with Crippen LogP contribution in [-0.4, -0.2) is 22.6 Å². The second kappa shape index (κ2) is 7.51. The van der Waals surface area contributed by atoms with Crippen molar-refractivity contribution < 1.29 is 0 Å². The minimum Gasteiger partial charge on any atom is -0.350 e. The molecule has 7 heteroatoms. The lowest BCUT2D eigenvalue weighted by molar-refractivity contribution is 0.670. The third-order valence-corrected chi connectivity index (χ3v) is 3.90. The molecule has 0 aliphatic carbocycles. The lowest BCUT2D eigenvalue weighted by Gasteiger charge is -2.19. The van der Waals surface area contributed by atoms with Crippen LogP contribution >= 0.6 is 23.2 Å². The highest BCUT2D eigenvalue weighted by Crippen LogP contribution is 2.25. The number of guanidine groups is 1. The Labute approximate surface area is 140 Å². The van der Waals surface area contributed by atoms with Crippen LogP contribution in [0.5, 0.6) is 0 Å². The molecule has 1 heterocycles. The van der Waals surface area contributed by atoms with Gasteiger partial charge in [0.25, 0.3) is 0 Å². The molecule has 2 N–H and O–H groups in total. The molecular formula is C15H19Cl2N5. The summed E-state index contributed by atoms with van der Waals surface area (Å²) < 4.78 is 1.96. The predicted molar refractivity (Wildman–Crippen MR) is 91.4 cm³/mol. The fourth-order valence-corrected chi connectivity index (χ4v) is 2.63. The molecule has 1 aromatic carbocycles. The normalized spacial score (nSPS) is 13.0. The van der Waals surface area contributed by atoms with Gasteiger partial charge in [-0.2, -0.15) is 0 Å². The maximum atomic E-state index is 6.23. The van der Waals surface area contributed by atoms with Gasteiger partial charge in [-0.1, -0.05) is 29.3 Å². The number of hydrogen-bond donors (Lipinski definition) is 2. The number of aromatic nitrogens is 2. The van der Waals surface area contributed by atoms with Crippen molar-refractivity contribution in [2.24, 2.45) is 12.0 Å². The Kier molecular flexibility index (Phi) is 5.69. The van der Waals surface area contributed by atoms with Gasteiger partial charge in [-0.3, -0.25) is 4.99 Å². The van der Waals surface area contributed by atoms with Crippen molar-refractivity contribution in [1.82, 2.24) is 20.2 Å². The van der Waals surface area contributed by atoms with Crippen LogP contribution in [0.3, 0.4) is 0 Å². The molecule has 2 aromatic rings. The first-order valence-electron chi connectivity index (χ1n) is 6.89. The third-order valence-electron chi connectivity index (χ3n) is 3.34. The largest absolute Gasteiger partial charge is 0.350 e. The van der Waals surface area contributed by atoms with Crippen LogP contribution < -0.4 is 10.6 Å². The van der Waals surface area contributed by atoms with Gasteiger partial charge < -0.3 is 15.2 Å². The van der Waals surface area contributed by atoms with Crippen molar-refractivity contribution >= 4 is 29.2 Å². The summed E-state index contributed by atoms with van der Waals surface area (Å²) in [7, 11) is 3.68. The van der Waals surface area contributed by atoms with E-state index in [1.54, 1.807) is 19.3 Å². The van der Waals surface area contributed by atoms with E-state index >= 15 is 0 Å². The molecule has 0 saturated heterocycles. The fraction of sp³-hybridized carbons (Fsp3) is 0.333. The third kappa shape index (κ3) is 4.15. The van der Waals surface area contributed by atoms with E-state index in [2.05, 4.69) is 20.6 Å². The molecule has 22 heavy (non-hydrogen) atoms. The predicted octanol–water partition coefficient (Wildman–Crippen LogP) is 3.15. The number of aliphatic imine (C=N–C) groups is 1. The quantitative estimate of drug-likeness (QED) is 0.664. The number of nitrogens with one attached hydrogen (secondary N) is 2. The highest BCUT2D eigenvalue weighted by atomic mass is 35.5. The lowest BCUT2D eigenvalue weighted by atomic mass is 10.1. The molecule has 0 saturated carbocycles. The highest BCUT2D eigenvalue weighted by Gasteiger charge is 2.12. The molecule has 0 radical (unpaired) electrons. The number of rotatable bonds is 4. The fourth-order valence-electron chi connectivity index (χ4n) is 2.06. The van der Waals surface area contributed by atoms with Crippen LogP contribution in [0.4, 0.5) is 0 Å². The van der Waals surface area contributed by atoms with Crippen molar-refractivity contribution in [2.45, 2.75) is 19.5 Å². The van der Waals surface area contributed by atoms with Gasteiger partial charge >= 0.3 is 0 Å². The Morgan fingerprint density at radius 2 is 2.18 bits per heavy atom. The first-order valence-corrected chi connectivity index (χ1v) is 7.65. The molecule has 0 fully saturated rings. The smallest absolute Gasteiger partial charge is 0.191 e. The van der Waals surface area contributed by atoms with E-state index in [1.165, 1.54) is 0 Å². The summed E-state index contributed by atoms with van der Waals surface area (Å²) in [5.74, 6) is 1.61. The maximum absolute atomic E-state index is 6.23. The minimum atomic E-state index is -0.00246. The van der Waals surface area contributed by atoms with Crippen LogP contribution in [0.1, 0.15) is 24.4 Å². The number of benzene rings is 1. The van der Waals surface area contributed by atoms with Gasteiger partial charge in [-0.05, 0) is 24.6 Å². The van der Waals surface area contributed by atoms with Crippen molar-refractivity contribution in [2.75, 3.05) is 7.05 Å². The number of aryl methyl sites for hydroxylation is 1. The molecule has 1 unspecified atom stereocenters. The summed E-state index contributed by atoms with van der Waals surface area (Å²) in [5, 5.41) is 7.78. The van der Waals surface area contributed by atoms with Gasteiger partial charge in [0.15, 0.2) is 5.96 Å². The topological polar surface area (TPSA) is 54.2 Å². The molecule has 2 rings (SSSR count). The van der Waals surface area contributed by atoms with Crippen molar-refractivity contribution in [3.05, 3.63) is 52.0 Å². The van der Waals surface area contributed by atoms with Gasteiger partial charge in [-0.25, -0.2) is 4.98 Å². The summed E-state index contributed by atoms with van der Waals surface area (Å²) >= 11 is 12.2. The monoisotopic (exact) mass is 339 g/mol. The van der Waals surface area contributed by atoms with Gasteiger partial charge in [-0.15, -0.1) is 0 Å². The Morgan fingerprint density at radius 1 is 1.41 bits per heavy atom. The van der Waals surface area contributed by atoms with E-state index in [1.807, 2.05) is 36.9 Å². The van der Waals surface area contributed by atoms with E-state index in [9.17, 15) is 0 Å². The second-order valence-corrected chi connectivity index (χ2v) is 5.76. The lowest BCUT2D eigenvalue weighted by Crippen LogP contribution is -2.38. The average Bonchev–Trinajstić information content (AvgIpc) is 2.88. The molecule has 0 aliphatic rings. The molecule has 118 valence electrons. The summed E-state index contributed by atoms with van der Waals surface area (Å²) in [5.41, 5.74) is 0.964. The van der Waals surface area contributed by atoms with Crippen LogP contribution in [0.15, 0.2) is 35.6 Å². The van der Waals surface area contributed by atoms with E-state index in [0.717, 1.165) is 11.4 Å². The highest BCUT2D eigenvalue weighted by molar-refractivity contribution is 6.35. The first kappa shape index (κ1) is 16.6. The number of nitrogens with zero attached hydrogens (tertiary/aromatic N) is 3. The molecule has 1 aromatic heterocycles. The van der Waals surface area contributed by atoms with Gasteiger partial charge in [0.2, 0.25) is 0 Å². The van der Waals surface area contributed by atoms with E-state index in [4.69, 9.17) is 23.2 Å². The zero-order valence-corrected chi connectivity index (χ0v) is 14.3. The summed E-state index contributed by atoms with van der Waals surface area (Å²) in [6.45, 7) is 2.60. The van der Waals surface area contributed by atoms with Crippen LogP contribution in [-0.2, 0) is 13.6 Å². The first-order chi connectivity index (χ1) is 10.5. The Balaban J connectivity index is 1.99.